The molecule has 1 atom stereocenters. The summed E-state index contributed by atoms with van der Waals surface area (Å²) in [7, 11) is 0. The molecule has 6 nitrogen and oxygen atoms in total. The van der Waals surface area contributed by atoms with Crippen molar-refractivity contribution >= 4 is 5.69 Å². The minimum Gasteiger partial charge on any atom is -0.312 e. The number of rotatable bonds is 3. The lowest BCUT2D eigenvalue weighted by Crippen LogP contribution is -3.11. The first-order valence-electron chi connectivity index (χ1n) is 7.15. The molecule has 3 rings (SSSR count). The molecule has 1 N–H and O–H groups in total. The van der Waals surface area contributed by atoms with Crippen molar-refractivity contribution < 1.29 is 9.82 Å². The monoisotopic (exact) mass is 287 g/mol. The first-order chi connectivity index (χ1) is 10.1. The Labute approximate surface area is 123 Å². The SMILES string of the molecule is Cc1nn(C[NH+]2CCc3ccccc3C2)c(C)c1[N+](=O)[O-]. The summed E-state index contributed by atoms with van der Waals surface area (Å²) in [6, 6.07) is 8.49. The number of benzene rings is 1. The second kappa shape index (κ2) is 5.29. The van der Waals surface area contributed by atoms with Crippen LogP contribution in [0.5, 0.6) is 0 Å². The van der Waals surface area contributed by atoms with Crippen molar-refractivity contribution in [2.45, 2.75) is 33.5 Å². The van der Waals surface area contributed by atoms with Gasteiger partial charge < -0.3 is 4.90 Å². The van der Waals surface area contributed by atoms with Crippen LogP contribution in [0.4, 0.5) is 5.69 Å². The van der Waals surface area contributed by atoms with Crippen molar-refractivity contribution in [3.05, 3.63) is 56.9 Å². The van der Waals surface area contributed by atoms with Crippen LogP contribution >= 0.6 is 0 Å². The Morgan fingerprint density at radius 1 is 1.33 bits per heavy atom. The maximum absolute atomic E-state index is 11.1. The molecule has 0 saturated carbocycles. The predicted octanol–water partition coefficient (Wildman–Crippen LogP) is 1.01. The van der Waals surface area contributed by atoms with Crippen molar-refractivity contribution in [1.29, 1.82) is 0 Å². The number of hydrogen-bond donors (Lipinski definition) is 1. The maximum atomic E-state index is 11.1. The zero-order valence-corrected chi connectivity index (χ0v) is 12.3. The lowest BCUT2D eigenvalue weighted by molar-refractivity contribution is -0.939. The fraction of sp³-hybridized carbons (Fsp3) is 0.400. The predicted molar refractivity (Wildman–Crippen MR) is 78.0 cm³/mol. The molecule has 0 fully saturated rings. The summed E-state index contributed by atoms with van der Waals surface area (Å²) in [5.41, 5.74) is 4.07. The van der Waals surface area contributed by atoms with Gasteiger partial charge in [-0.1, -0.05) is 24.3 Å². The first-order valence-corrected chi connectivity index (χ1v) is 7.15. The fourth-order valence-electron chi connectivity index (χ4n) is 3.10. The van der Waals surface area contributed by atoms with Gasteiger partial charge >= 0.3 is 5.69 Å². The van der Waals surface area contributed by atoms with Crippen LogP contribution in [0.25, 0.3) is 0 Å². The summed E-state index contributed by atoms with van der Waals surface area (Å²) in [4.78, 5) is 12.1. The van der Waals surface area contributed by atoms with E-state index in [0.29, 0.717) is 18.1 Å². The molecule has 1 aromatic heterocycles. The van der Waals surface area contributed by atoms with Gasteiger partial charge in [0.2, 0.25) is 0 Å². The molecule has 0 amide bonds. The molecule has 0 aliphatic carbocycles. The molecular weight excluding hydrogens is 268 g/mol. The number of aromatic nitrogens is 2. The van der Waals surface area contributed by atoms with Gasteiger partial charge in [-0.25, -0.2) is 4.68 Å². The summed E-state index contributed by atoms with van der Waals surface area (Å²) in [5.74, 6) is 0. The van der Waals surface area contributed by atoms with Gasteiger partial charge in [-0.15, -0.1) is 0 Å². The van der Waals surface area contributed by atoms with Gasteiger partial charge in [-0.2, -0.15) is 5.10 Å². The van der Waals surface area contributed by atoms with E-state index in [0.717, 1.165) is 19.5 Å². The number of hydrogen-bond acceptors (Lipinski definition) is 3. The highest BCUT2D eigenvalue weighted by Crippen LogP contribution is 2.21. The van der Waals surface area contributed by atoms with Crippen molar-refractivity contribution in [1.82, 2.24) is 9.78 Å². The number of nitrogens with one attached hydrogen (secondary N) is 1. The van der Waals surface area contributed by atoms with Gasteiger partial charge in [-0.05, 0) is 19.4 Å². The van der Waals surface area contributed by atoms with Crippen LogP contribution in [-0.4, -0.2) is 21.2 Å². The Hall–Kier alpha value is -2.21. The van der Waals surface area contributed by atoms with Crippen LogP contribution in [0.1, 0.15) is 22.5 Å². The van der Waals surface area contributed by atoms with E-state index in [1.165, 1.54) is 16.0 Å². The second-order valence-electron chi connectivity index (χ2n) is 5.63. The average molecular weight is 287 g/mol. The normalized spacial score (nSPS) is 17.5. The highest BCUT2D eigenvalue weighted by molar-refractivity contribution is 5.39. The molecule has 0 saturated heterocycles. The van der Waals surface area contributed by atoms with Crippen LogP contribution in [0, 0.1) is 24.0 Å². The minimum atomic E-state index is -0.338. The molecule has 1 aromatic carbocycles. The molecule has 1 aliphatic rings. The van der Waals surface area contributed by atoms with Gasteiger partial charge in [-0.3, -0.25) is 10.1 Å². The van der Waals surface area contributed by atoms with E-state index < -0.39 is 0 Å². The molecule has 110 valence electrons. The topological polar surface area (TPSA) is 65.4 Å². The molecule has 0 spiro atoms. The Morgan fingerprint density at radius 2 is 2.05 bits per heavy atom. The fourth-order valence-corrected chi connectivity index (χ4v) is 3.10. The van der Waals surface area contributed by atoms with Gasteiger partial charge in [0, 0.05) is 12.0 Å². The van der Waals surface area contributed by atoms with E-state index in [1.54, 1.807) is 18.5 Å². The van der Waals surface area contributed by atoms with E-state index in [4.69, 9.17) is 0 Å². The summed E-state index contributed by atoms with van der Waals surface area (Å²) >= 11 is 0. The molecule has 1 unspecified atom stereocenters. The molecule has 2 aromatic rings. The second-order valence-corrected chi connectivity index (χ2v) is 5.63. The third-order valence-corrected chi connectivity index (χ3v) is 4.21. The Kier molecular flexibility index (Phi) is 3.47. The molecule has 0 radical (unpaired) electrons. The summed E-state index contributed by atoms with van der Waals surface area (Å²) in [5, 5.41) is 15.4. The molecule has 21 heavy (non-hydrogen) atoms. The number of nitro groups is 1. The Balaban J connectivity index is 1.80. The van der Waals surface area contributed by atoms with E-state index in [1.807, 2.05) is 0 Å². The van der Waals surface area contributed by atoms with Crippen molar-refractivity contribution in [3.8, 4) is 0 Å². The number of aryl methyl sites for hydroxylation is 1. The highest BCUT2D eigenvalue weighted by atomic mass is 16.6. The Bertz CT molecular complexity index is 693. The number of quaternary nitrogens is 1. The highest BCUT2D eigenvalue weighted by Gasteiger charge is 2.25. The zero-order chi connectivity index (χ0) is 15.0. The summed E-state index contributed by atoms with van der Waals surface area (Å²) in [6.07, 6.45) is 1.05. The van der Waals surface area contributed by atoms with Crippen LogP contribution in [0.15, 0.2) is 24.3 Å². The van der Waals surface area contributed by atoms with Crippen LogP contribution < -0.4 is 4.90 Å². The molecule has 2 heterocycles. The molecular formula is C15H19N4O2+. The van der Waals surface area contributed by atoms with Crippen molar-refractivity contribution in [2.75, 3.05) is 6.54 Å². The summed E-state index contributed by atoms with van der Waals surface area (Å²) in [6.45, 7) is 6.12. The standard InChI is InChI=1S/C15H18N4O2/c1-11-15(19(20)21)12(2)18(16-11)10-17-8-7-13-5-3-4-6-14(13)9-17/h3-6H,7-10H2,1-2H3/p+1. The van der Waals surface area contributed by atoms with E-state index in [9.17, 15) is 10.1 Å². The van der Waals surface area contributed by atoms with Gasteiger partial charge in [0.25, 0.3) is 0 Å². The van der Waals surface area contributed by atoms with Gasteiger partial charge in [0.15, 0.2) is 6.67 Å². The first kappa shape index (κ1) is 13.8. The van der Waals surface area contributed by atoms with E-state index in [-0.39, 0.29) is 10.6 Å². The third kappa shape index (κ3) is 2.54. The van der Waals surface area contributed by atoms with Crippen LogP contribution in [-0.2, 0) is 19.6 Å². The molecule has 0 bridgehead atoms. The smallest absolute Gasteiger partial charge is 0.312 e. The number of fused-ring (bicyclic) bond motifs is 1. The molecule has 6 heteroatoms. The Morgan fingerprint density at radius 3 is 2.71 bits per heavy atom. The van der Waals surface area contributed by atoms with Crippen LogP contribution in [0.2, 0.25) is 0 Å². The van der Waals surface area contributed by atoms with E-state index in [2.05, 4.69) is 29.4 Å². The van der Waals surface area contributed by atoms with Crippen molar-refractivity contribution in [3.63, 3.8) is 0 Å². The van der Waals surface area contributed by atoms with E-state index >= 15 is 0 Å². The minimum absolute atomic E-state index is 0.145. The average Bonchev–Trinajstić information content (AvgIpc) is 2.73. The van der Waals surface area contributed by atoms with Gasteiger partial charge in [0.05, 0.1) is 11.5 Å². The lowest BCUT2D eigenvalue weighted by Gasteiger charge is -2.25. The van der Waals surface area contributed by atoms with Gasteiger partial charge in [0.1, 0.15) is 17.9 Å². The zero-order valence-electron chi connectivity index (χ0n) is 12.3. The summed E-state index contributed by atoms with van der Waals surface area (Å²) < 4.78 is 1.77. The molecule has 1 aliphatic heterocycles. The lowest BCUT2D eigenvalue weighted by atomic mass is 10.0. The quantitative estimate of drug-likeness (QED) is 0.677. The third-order valence-electron chi connectivity index (χ3n) is 4.21. The van der Waals surface area contributed by atoms with Crippen molar-refractivity contribution in [2.24, 2.45) is 0 Å². The maximum Gasteiger partial charge on any atom is 0.312 e. The van der Waals surface area contributed by atoms with Crippen LogP contribution in [0.3, 0.4) is 0 Å². The number of nitrogens with zero attached hydrogens (tertiary/aromatic N) is 3. The largest absolute Gasteiger partial charge is 0.312 e.